The SMILES string of the molecule is CC(C)CCC[C@@H](C)[C@H]1CC[C@H]2[C@@H]3CC=C4C[C@@H](OCCCCCCCCCCOP(=O)([O-])OC[N+](C)(C)C)CC[C@]4(C)[C@H]3CC[C@]12C. The van der Waals surface area contributed by atoms with Crippen molar-refractivity contribution in [1.82, 2.24) is 0 Å². The lowest BCUT2D eigenvalue weighted by molar-refractivity contribution is -0.887. The zero-order valence-corrected chi connectivity index (χ0v) is 33.5. The summed E-state index contributed by atoms with van der Waals surface area (Å²) in [6.07, 6.45) is 27.3. The molecule has 0 heterocycles. The average molecular weight is 694 g/mol. The number of fused-ring (bicyclic) bond motifs is 5. The topological polar surface area (TPSA) is 67.8 Å². The molecule has 7 heteroatoms. The zero-order valence-electron chi connectivity index (χ0n) is 32.6. The maximum Gasteiger partial charge on any atom is 0.272 e. The van der Waals surface area contributed by atoms with Gasteiger partial charge in [-0.2, -0.15) is 0 Å². The van der Waals surface area contributed by atoms with Crippen LogP contribution < -0.4 is 4.89 Å². The van der Waals surface area contributed by atoms with Crippen LogP contribution in [-0.4, -0.2) is 51.7 Å². The summed E-state index contributed by atoms with van der Waals surface area (Å²) >= 11 is 0. The molecule has 1 unspecified atom stereocenters. The minimum atomic E-state index is -4.19. The summed E-state index contributed by atoms with van der Waals surface area (Å²) in [6.45, 7) is 13.9. The molecular weight excluding hydrogens is 617 g/mol. The molecule has 0 bridgehead atoms. The molecule has 0 aromatic heterocycles. The van der Waals surface area contributed by atoms with E-state index < -0.39 is 7.82 Å². The molecule has 0 aliphatic heterocycles. The van der Waals surface area contributed by atoms with Crippen molar-refractivity contribution >= 4 is 7.82 Å². The molecule has 280 valence electrons. The van der Waals surface area contributed by atoms with Crippen molar-refractivity contribution < 1.29 is 27.7 Å². The van der Waals surface area contributed by atoms with Crippen LogP contribution >= 0.6 is 7.82 Å². The molecular formula is C41H76NO5P. The van der Waals surface area contributed by atoms with Crippen LogP contribution in [0.4, 0.5) is 0 Å². The lowest BCUT2D eigenvalue weighted by Crippen LogP contribution is -2.51. The van der Waals surface area contributed by atoms with E-state index in [1.807, 2.05) is 21.1 Å². The Bertz CT molecular complexity index is 1060. The average Bonchev–Trinajstić information content (AvgIpc) is 3.37. The number of allylic oxidation sites excluding steroid dienone is 1. The third-order valence-electron chi connectivity index (χ3n) is 13.5. The van der Waals surface area contributed by atoms with E-state index in [9.17, 15) is 9.46 Å². The van der Waals surface area contributed by atoms with Crippen molar-refractivity contribution in [2.75, 3.05) is 41.1 Å². The molecule has 0 N–H and O–H groups in total. The second kappa shape index (κ2) is 18.0. The smallest absolute Gasteiger partial charge is 0.272 e. The van der Waals surface area contributed by atoms with E-state index in [-0.39, 0.29) is 13.3 Å². The third kappa shape index (κ3) is 11.1. The fraction of sp³-hybridized carbons (Fsp3) is 0.951. The number of ether oxygens (including phenoxy) is 1. The van der Waals surface area contributed by atoms with Gasteiger partial charge in [-0.1, -0.05) is 104 Å². The second-order valence-corrected chi connectivity index (χ2v) is 20.1. The van der Waals surface area contributed by atoms with Crippen LogP contribution in [0.2, 0.25) is 0 Å². The normalized spacial score (nSPS) is 33.9. The first-order valence-corrected chi connectivity index (χ1v) is 21.8. The van der Waals surface area contributed by atoms with Crippen LogP contribution in [-0.2, 0) is 18.3 Å². The first-order chi connectivity index (χ1) is 22.6. The van der Waals surface area contributed by atoms with Gasteiger partial charge in [0.1, 0.15) is 0 Å². The molecule has 0 spiro atoms. The van der Waals surface area contributed by atoms with E-state index in [2.05, 4.69) is 40.7 Å². The van der Waals surface area contributed by atoms with Crippen molar-refractivity contribution in [2.24, 2.45) is 46.3 Å². The summed E-state index contributed by atoms with van der Waals surface area (Å²) in [5.41, 5.74) is 2.73. The molecule has 3 saturated carbocycles. The number of hydrogen-bond acceptors (Lipinski definition) is 5. The summed E-state index contributed by atoms with van der Waals surface area (Å²) in [7, 11) is 1.45. The molecule has 4 aliphatic rings. The summed E-state index contributed by atoms with van der Waals surface area (Å²) in [4.78, 5) is 11.8. The van der Waals surface area contributed by atoms with Crippen LogP contribution in [0.25, 0.3) is 0 Å². The van der Waals surface area contributed by atoms with Crippen LogP contribution in [0.1, 0.15) is 157 Å². The number of nitrogens with zero attached hydrogens (tertiary/aromatic N) is 1. The van der Waals surface area contributed by atoms with Gasteiger partial charge in [-0.05, 0) is 111 Å². The van der Waals surface area contributed by atoms with Gasteiger partial charge in [-0.15, -0.1) is 0 Å². The van der Waals surface area contributed by atoms with Crippen molar-refractivity contribution in [3.63, 3.8) is 0 Å². The Hall–Kier alpha value is -0.230. The van der Waals surface area contributed by atoms with Gasteiger partial charge in [0.15, 0.2) is 6.73 Å². The summed E-state index contributed by atoms with van der Waals surface area (Å²) in [6, 6.07) is 0. The van der Waals surface area contributed by atoms with Gasteiger partial charge in [-0.3, -0.25) is 9.09 Å². The highest BCUT2D eigenvalue weighted by Gasteiger charge is 2.59. The summed E-state index contributed by atoms with van der Waals surface area (Å²) in [5, 5.41) is 0. The standard InChI is InChI=1S/C41H76NO5P/c1-32(2)18-17-19-33(3)37-22-23-38-36-21-20-34-30-35(24-26-40(34,4)39(36)25-27-41(37,38)5)45-28-15-13-11-9-10-12-14-16-29-46-48(43,44)47-31-42(6,7)8/h20,32-33,35-39H,9-19,21-31H2,1-8H3/t33-,35+,36+,37-,38+,39+,40+,41-/m1/s1. The molecule has 4 aliphatic carbocycles. The first-order valence-electron chi connectivity index (χ1n) is 20.4. The molecule has 48 heavy (non-hydrogen) atoms. The predicted octanol–water partition coefficient (Wildman–Crippen LogP) is 10.7. The maximum absolute atomic E-state index is 11.8. The Kier molecular flexibility index (Phi) is 15.2. The molecule has 0 aromatic rings. The Morgan fingerprint density at radius 3 is 2.17 bits per heavy atom. The maximum atomic E-state index is 11.8. The molecule has 0 saturated heterocycles. The van der Waals surface area contributed by atoms with Gasteiger partial charge in [0.2, 0.25) is 0 Å². The minimum absolute atomic E-state index is 0.0869. The monoisotopic (exact) mass is 694 g/mol. The van der Waals surface area contributed by atoms with E-state index in [1.54, 1.807) is 5.57 Å². The van der Waals surface area contributed by atoms with Crippen LogP contribution in [0, 0.1) is 46.3 Å². The Balaban J connectivity index is 1.08. The summed E-state index contributed by atoms with van der Waals surface area (Å²) < 4.78 is 28.7. The summed E-state index contributed by atoms with van der Waals surface area (Å²) in [5.74, 6) is 5.40. The van der Waals surface area contributed by atoms with Gasteiger partial charge < -0.3 is 18.6 Å². The number of phosphoric ester groups is 1. The van der Waals surface area contributed by atoms with Crippen molar-refractivity contribution in [2.45, 2.75) is 163 Å². The molecule has 9 atom stereocenters. The van der Waals surface area contributed by atoms with Crippen molar-refractivity contribution in [3.05, 3.63) is 11.6 Å². The van der Waals surface area contributed by atoms with Gasteiger partial charge in [0, 0.05) is 6.61 Å². The van der Waals surface area contributed by atoms with Gasteiger partial charge in [-0.25, -0.2) is 0 Å². The zero-order chi connectivity index (χ0) is 35.0. The number of unbranched alkanes of at least 4 members (excludes halogenated alkanes) is 7. The fourth-order valence-corrected chi connectivity index (χ4v) is 11.7. The first kappa shape index (κ1) is 40.5. The quantitative estimate of drug-likeness (QED) is 0.0394. The van der Waals surface area contributed by atoms with Crippen LogP contribution in [0.15, 0.2) is 11.6 Å². The lowest BCUT2D eigenvalue weighted by atomic mass is 9.47. The predicted molar refractivity (Wildman–Crippen MR) is 197 cm³/mol. The van der Waals surface area contributed by atoms with Gasteiger partial charge in [0.25, 0.3) is 7.82 Å². The molecule has 6 nitrogen and oxygen atoms in total. The van der Waals surface area contributed by atoms with E-state index in [0.29, 0.717) is 21.4 Å². The van der Waals surface area contributed by atoms with Crippen molar-refractivity contribution in [3.8, 4) is 0 Å². The van der Waals surface area contributed by atoms with Crippen LogP contribution in [0.3, 0.4) is 0 Å². The van der Waals surface area contributed by atoms with E-state index in [1.165, 1.54) is 96.3 Å². The second-order valence-electron chi connectivity index (χ2n) is 18.7. The largest absolute Gasteiger partial charge is 0.756 e. The third-order valence-corrected chi connectivity index (χ3v) is 14.4. The molecule has 0 amide bonds. The highest BCUT2D eigenvalue weighted by Crippen LogP contribution is 2.67. The molecule has 0 aromatic carbocycles. The Labute approximate surface area is 296 Å². The highest BCUT2D eigenvalue weighted by atomic mass is 31.2. The highest BCUT2D eigenvalue weighted by molar-refractivity contribution is 7.45. The Morgan fingerprint density at radius 2 is 1.50 bits per heavy atom. The molecule has 4 rings (SSSR count). The number of rotatable bonds is 21. The molecule has 3 fully saturated rings. The van der Waals surface area contributed by atoms with Crippen molar-refractivity contribution in [1.29, 1.82) is 0 Å². The Morgan fingerprint density at radius 1 is 0.833 bits per heavy atom. The molecule has 0 radical (unpaired) electrons. The van der Waals surface area contributed by atoms with Gasteiger partial charge in [0.05, 0.1) is 33.9 Å². The number of phosphoric acid groups is 1. The van der Waals surface area contributed by atoms with E-state index in [4.69, 9.17) is 13.8 Å². The number of quaternary nitrogens is 1. The van der Waals surface area contributed by atoms with Crippen LogP contribution in [0.5, 0.6) is 0 Å². The lowest BCUT2D eigenvalue weighted by Gasteiger charge is -2.58. The van der Waals surface area contributed by atoms with E-state index >= 15 is 0 Å². The van der Waals surface area contributed by atoms with E-state index in [0.717, 1.165) is 67.8 Å². The number of hydrogen-bond donors (Lipinski definition) is 0. The fourth-order valence-electron chi connectivity index (χ4n) is 10.8. The minimum Gasteiger partial charge on any atom is -0.756 e. The van der Waals surface area contributed by atoms with Gasteiger partial charge >= 0.3 is 0 Å².